The zero-order valence-electron chi connectivity index (χ0n) is 5.59. The maximum atomic E-state index is 5.14. The number of hydrogen-bond acceptors (Lipinski definition) is 0. The number of halogens is 1. The SMILES string of the molecule is C[Si](C)C.[CH3][Mg][Cl]. The second-order valence-corrected chi connectivity index (χ2v) is 6.91. The van der Waals surface area contributed by atoms with Gasteiger partial charge in [-0.2, -0.15) is 0 Å². The highest BCUT2D eigenvalue weighted by Gasteiger charge is 1.72. The Morgan fingerprint density at radius 3 is 1.29 bits per heavy atom. The van der Waals surface area contributed by atoms with Crippen LogP contribution in [0.4, 0.5) is 0 Å². The van der Waals surface area contributed by atoms with Gasteiger partial charge in [0.2, 0.25) is 0 Å². The first-order chi connectivity index (χ1) is 3.15. The molecule has 0 atom stereocenters. The van der Waals surface area contributed by atoms with Crippen LogP contribution in [0.2, 0.25) is 24.7 Å². The van der Waals surface area contributed by atoms with Crippen molar-refractivity contribution < 1.29 is 0 Å². The van der Waals surface area contributed by atoms with Crippen molar-refractivity contribution in [2.24, 2.45) is 0 Å². The van der Waals surface area contributed by atoms with Gasteiger partial charge in [-0.1, -0.05) is 19.6 Å². The third-order valence-electron chi connectivity index (χ3n) is 0. The first-order valence-electron chi connectivity index (χ1n) is 2.47. The highest BCUT2D eigenvalue weighted by Crippen LogP contribution is 1.68. The molecule has 0 aliphatic rings. The molecular weight excluding hydrogens is 136 g/mol. The minimum absolute atomic E-state index is 0.111. The summed E-state index contributed by atoms with van der Waals surface area (Å²) in [6, 6.07) is 0. The maximum Gasteiger partial charge on any atom is 0.497 e. The van der Waals surface area contributed by atoms with Gasteiger partial charge in [0.1, 0.15) is 0 Å². The lowest BCUT2D eigenvalue weighted by Gasteiger charge is -1.75. The van der Waals surface area contributed by atoms with E-state index in [2.05, 4.69) is 19.6 Å². The summed E-state index contributed by atoms with van der Waals surface area (Å²) in [5.41, 5.74) is 0. The highest BCUT2D eigenvalue weighted by molar-refractivity contribution is 6.92. The Kier molecular flexibility index (Phi) is 16.4. The molecule has 0 aliphatic heterocycles. The second kappa shape index (κ2) is 10.3. The van der Waals surface area contributed by atoms with Crippen LogP contribution in [0.3, 0.4) is 0 Å². The Bertz CT molecular complexity index is 22.9. The summed E-state index contributed by atoms with van der Waals surface area (Å²) < 4.78 is 0. The minimum Gasteiger partial charge on any atom is -0.346 e. The topological polar surface area (TPSA) is 0 Å². The van der Waals surface area contributed by atoms with E-state index in [1.54, 1.807) is 0 Å². The second-order valence-electron chi connectivity index (χ2n) is 1.77. The molecule has 0 unspecified atom stereocenters. The van der Waals surface area contributed by atoms with Crippen molar-refractivity contribution >= 4 is 37.1 Å². The molecule has 0 aromatic rings. The molecule has 0 fully saturated rings. The summed E-state index contributed by atoms with van der Waals surface area (Å²) in [6.07, 6.45) is 0. The number of rotatable bonds is 0. The van der Waals surface area contributed by atoms with Gasteiger partial charge < -0.3 is 9.07 Å². The molecule has 41 valence electrons. The van der Waals surface area contributed by atoms with Crippen LogP contribution in [0.5, 0.6) is 0 Å². The van der Waals surface area contributed by atoms with Crippen molar-refractivity contribution in [1.29, 1.82) is 0 Å². The fraction of sp³-hybridized carbons (Fsp3) is 1.00. The van der Waals surface area contributed by atoms with Crippen LogP contribution in [0.25, 0.3) is 0 Å². The Morgan fingerprint density at radius 1 is 1.29 bits per heavy atom. The smallest absolute Gasteiger partial charge is 0.346 e. The predicted octanol–water partition coefficient (Wildman–Crippen LogP) is 2.26. The van der Waals surface area contributed by atoms with Crippen molar-refractivity contribution in [1.82, 2.24) is 0 Å². The molecule has 0 saturated carbocycles. The van der Waals surface area contributed by atoms with Gasteiger partial charge in [0.15, 0.2) is 0 Å². The largest absolute Gasteiger partial charge is 0.497 e. The summed E-state index contributed by atoms with van der Waals surface area (Å²) in [7, 11) is 5.26. The van der Waals surface area contributed by atoms with Crippen molar-refractivity contribution in [2.45, 2.75) is 24.7 Å². The summed E-state index contributed by atoms with van der Waals surface area (Å²) in [5, 5.41) is 2.03. The Balaban J connectivity index is 0. The van der Waals surface area contributed by atoms with E-state index < -0.39 is 0 Å². The van der Waals surface area contributed by atoms with E-state index in [-0.39, 0.29) is 28.1 Å². The monoisotopic (exact) mass is 147 g/mol. The van der Waals surface area contributed by atoms with Crippen LogP contribution in [0.15, 0.2) is 0 Å². The molecular formula is C4H12ClMgSi. The zero-order valence-corrected chi connectivity index (χ0v) is 8.76. The van der Waals surface area contributed by atoms with Crippen molar-refractivity contribution in [3.05, 3.63) is 0 Å². The lowest BCUT2D eigenvalue weighted by molar-refractivity contribution is 1.91. The Labute approximate surface area is 61.7 Å². The summed E-state index contributed by atoms with van der Waals surface area (Å²) in [5.74, 6) is 0. The molecule has 0 heterocycles. The van der Waals surface area contributed by atoms with E-state index in [4.69, 9.17) is 9.07 Å². The Hall–Kier alpha value is 1.27. The summed E-state index contributed by atoms with van der Waals surface area (Å²) in [6.45, 7) is 6.81. The van der Waals surface area contributed by atoms with Crippen molar-refractivity contribution in [3.8, 4) is 0 Å². The zero-order chi connectivity index (χ0) is 6.28. The molecule has 0 N–H and O–H groups in total. The maximum absolute atomic E-state index is 5.14. The molecule has 0 rings (SSSR count). The van der Waals surface area contributed by atoms with Crippen molar-refractivity contribution in [2.75, 3.05) is 0 Å². The van der Waals surface area contributed by atoms with Gasteiger partial charge >= 0.3 is 19.3 Å². The van der Waals surface area contributed by atoms with Crippen LogP contribution >= 0.6 is 9.07 Å². The van der Waals surface area contributed by atoms with E-state index in [9.17, 15) is 0 Å². The third kappa shape index (κ3) is 125. The molecule has 0 bridgehead atoms. The fourth-order valence-electron chi connectivity index (χ4n) is 0. The van der Waals surface area contributed by atoms with Crippen LogP contribution in [-0.4, -0.2) is 28.1 Å². The Morgan fingerprint density at radius 2 is 1.29 bits per heavy atom. The molecule has 3 heteroatoms. The van der Waals surface area contributed by atoms with Crippen LogP contribution in [0, 0.1) is 0 Å². The first kappa shape index (κ1) is 11.1. The molecule has 0 aromatic carbocycles. The van der Waals surface area contributed by atoms with E-state index >= 15 is 0 Å². The molecule has 1 radical (unpaired) electrons. The average molecular weight is 148 g/mol. The van der Waals surface area contributed by atoms with Gasteiger partial charge in [0, 0.05) is 8.80 Å². The van der Waals surface area contributed by atoms with Crippen LogP contribution in [0.1, 0.15) is 0 Å². The van der Waals surface area contributed by atoms with E-state index in [0.29, 0.717) is 0 Å². The minimum atomic E-state index is -0.111. The normalized spacial score (nSPS) is 6.57. The standard InChI is InChI=1S/C3H9Si.CH3.ClH.Mg/c1-4(2)3;;;/h1-3H3;1H3;1H;/q;;;+1/p-1. The van der Waals surface area contributed by atoms with Gasteiger partial charge in [-0.3, -0.25) is 0 Å². The van der Waals surface area contributed by atoms with Crippen molar-refractivity contribution in [3.63, 3.8) is 0 Å². The van der Waals surface area contributed by atoms with Gasteiger partial charge in [0.25, 0.3) is 0 Å². The van der Waals surface area contributed by atoms with Crippen LogP contribution < -0.4 is 0 Å². The highest BCUT2D eigenvalue weighted by atomic mass is 35.5. The molecule has 0 amide bonds. The fourth-order valence-corrected chi connectivity index (χ4v) is 0. The van der Waals surface area contributed by atoms with Gasteiger partial charge in [0.05, 0.1) is 0 Å². The molecule has 0 aromatic heterocycles. The molecule has 0 aliphatic carbocycles. The quantitative estimate of drug-likeness (QED) is 0.462. The molecule has 0 saturated heterocycles. The average Bonchev–Trinajstić information content (AvgIpc) is 1.33. The van der Waals surface area contributed by atoms with E-state index in [0.717, 1.165) is 0 Å². The predicted molar refractivity (Wildman–Crippen MR) is 40.8 cm³/mol. The lowest BCUT2D eigenvalue weighted by Crippen LogP contribution is -1.84. The summed E-state index contributed by atoms with van der Waals surface area (Å²) in [4.78, 5) is 0. The molecule has 7 heavy (non-hydrogen) atoms. The number of hydrogen-bond donors (Lipinski definition) is 0. The van der Waals surface area contributed by atoms with Crippen LogP contribution in [-0.2, 0) is 0 Å². The molecule has 0 spiro atoms. The van der Waals surface area contributed by atoms with Gasteiger partial charge in [-0.15, -0.1) is 5.05 Å². The summed E-state index contributed by atoms with van der Waals surface area (Å²) >= 11 is -0.111. The van der Waals surface area contributed by atoms with Gasteiger partial charge in [-0.25, -0.2) is 0 Å². The third-order valence-corrected chi connectivity index (χ3v) is 0. The van der Waals surface area contributed by atoms with E-state index in [1.165, 1.54) is 0 Å². The lowest BCUT2D eigenvalue weighted by atomic mass is 11.8. The first-order valence-corrected chi connectivity index (χ1v) is 9.03. The van der Waals surface area contributed by atoms with Gasteiger partial charge in [-0.05, 0) is 0 Å². The molecule has 0 nitrogen and oxygen atoms in total. The van der Waals surface area contributed by atoms with E-state index in [1.807, 2.05) is 5.05 Å².